The molecule has 2 aromatic carbocycles. The highest BCUT2D eigenvalue weighted by Gasteiger charge is 2.19. The fraction of sp³-hybridized carbons (Fsp3) is 0.222. The highest BCUT2D eigenvalue weighted by molar-refractivity contribution is 9.10. The van der Waals surface area contributed by atoms with Crippen LogP contribution in [-0.2, 0) is 11.3 Å². The molecule has 0 aromatic heterocycles. The van der Waals surface area contributed by atoms with Crippen LogP contribution in [0, 0.1) is 11.3 Å². The molecule has 0 aliphatic heterocycles. The molecule has 0 spiro atoms. The maximum Gasteiger partial charge on any atom is 0.263 e. The number of nitriles is 1. The zero-order valence-electron chi connectivity index (χ0n) is 13.0. The summed E-state index contributed by atoms with van der Waals surface area (Å²) in [6.45, 7) is 2.24. The SMILES string of the molecule is CC(Oc1ccc(C#N)cc1)C(=O)N(C)Cc1ccc(Br)cc1. The van der Waals surface area contributed by atoms with Gasteiger partial charge in [-0.3, -0.25) is 4.79 Å². The van der Waals surface area contributed by atoms with E-state index in [1.807, 2.05) is 30.3 Å². The van der Waals surface area contributed by atoms with Crippen LogP contribution in [0.5, 0.6) is 5.75 Å². The van der Waals surface area contributed by atoms with Crippen molar-refractivity contribution in [2.24, 2.45) is 0 Å². The summed E-state index contributed by atoms with van der Waals surface area (Å²) >= 11 is 3.39. The molecule has 0 bridgehead atoms. The van der Waals surface area contributed by atoms with Crippen LogP contribution in [0.4, 0.5) is 0 Å². The van der Waals surface area contributed by atoms with Crippen LogP contribution >= 0.6 is 15.9 Å². The van der Waals surface area contributed by atoms with Crippen LogP contribution in [0.15, 0.2) is 53.0 Å². The van der Waals surface area contributed by atoms with Crippen molar-refractivity contribution in [3.05, 3.63) is 64.1 Å². The van der Waals surface area contributed by atoms with Crippen molar-refractivity contribution in [1.82, 2.24) is 4.90 Å². The smallest absolute Gasteiger partial charge is 0.263 e. The van der Waals surface area contributed by atoms with Crippen LogP contribution in [0.1, 0.15) is 18.1 Å². The molecule has 0 saturated heterocycles. The van der Waals surface area contributed by atoms with Gasteiger partial charge in [-0.05, 0) is 48.9 Å². The van der Waals surface area contributed by atoms with Crippen molar-refractivity contribution in [2.45, 2.75) is 19.6 Å². The van der Waals surface area contributed by atoms with E-state index in [4.69, 9.17) is 10.00 Å². The molecule has 4 nitrogen and oxygen atoms in total. The Morgan fingerprint density at radius 2 is 1.83 bits per heavy atom. The monoisotopic (exact) mass is 372 g/mol. The zero-order chi connectivity index (χ0) is 16.8. The molecule has 118 valence electrons. The number of hydrogen-bond donors (Lipinski definition) is 0. The largest absolute Gasteiger partial charge is 0.481 e. The number of carbonyl (C=O) groups excluding carboxylic acids is 1. The summed E-state index contributed by atoms with van der Waals surface area (Å²) in [5, 5.41) is 8.77. The lowest BCUT2D eigenvalue weighted by Crippen LogP contribution is -2.37. The topological polar surface area (TPSA) is 53.3 Å². The van der Waals surface area contributed by atoms with Crippen molar-refractivity contribution < 1.29 is 9.53 Å². The molecule has 1 atom stereocenters. The van der Waals surface area contributed by atoms with Gasteiger partial charge in [0.15, 0.2) is 6.10 Å². The lowest BCUT2D eigenvalue weighted by Gasteiger charge is -2.22. The van der Waals surface area contributed by atoms with Gasteiger partial charge in [0.05, 0.1) is 11.6 Å². The van der Waals surface area contributed by atoms with E-state index < -0.39 is 6.10 Å². The van der Waals surface area contributed by atoms with E-state index in [-0.39, 0.29) is 5.91 Å². The number of amides is 1. The van der Waals surface area contributed by atoms with E-state index in [1.165, 1.54) is 0 Å². The molecule has 1 unspecified atom stereocenters. The Morgan fingerprint density at radius 3 is 2.39 bits per heavy atom. The summed E-state index contributed by atoms with van der Waals surface area (Å²) in [5.74, 6) is 0.471. The number of halogens is 1. The summed E-state index contributed by atoms with van der Waals surface area (Å²) in [4.78, 5) is 14.0. The van der Waals surface area contributed by atoms with Crippen LogP contribution in [0.3, 0.4) is 0 Å². The maximum absolute atomic E-state index is 12.4. The minimum absolute atomic E-state index is 0.0997. The fourth-order valence-corrected chi connectivity index (χ4v) is 2.38. The average Bonchev–Trinajstić information content (AvgIpc) is 2.56. The molecule has 0 N–H and O–H groups in total. The molecule has 0 heterocycles. The molecule has 0 aliphatic rings. The molecule has 0 radical (unpaired) electrons. The quantitative estimate of drug-likeness (QED) is 0.802. The lowest BCUT2D eigenvalue weighted by atomic mass is 10.2. The molecular formula is C18H17BrN2O2. The standard InChI is InChI=1S/C18H17BrN2O2/c1-13(23-17-9-5-14(11-20)6-10-17)18(22)21(2)12-15-3-7-16(19)8-4-15/h3-10,13H,12H2,1-2H3. The first-order valence-electron chi connectivity index (χ1n) is 7.16. The Balaban J connectivity index is 1.95. The summed E-state index contributed by atoms with van der Waals surface area (Å²) in [6, 6.07) is 16.6. The minimum atomic E-state index is -0.594. The Morgan fingerprint density at radius 1 is 1.22 bits per heavy atom. The number of likely N-dealkylation sites (N-methyl/N-ethyl adjacent to an activating group) is 1. The molecule has 2 aromatic rings. The Hall–Kier alpha value is -2.32. The second-order valence-electron chi connectivity index (χ2n) is 5.22. The molecule has 1 amide bonds. The second-order valence-corrected chi connectivity index (χ2v) is 6.13. The summed E-state index contributed by atoms with van der Waals surface area (Å²) < 4.78 is 6.65. The molecule has 0 fully saturated rings. The number of carbonyl (C=O) groups is 1. The molecule has 0 saturated carbocycles. The van der Waals surface area contributed by atoms with Crippen LogP contribution in [-0.4, -0.2) is 24.0 Å². The van der Waals surface area contributed by atoms with E-state index in [0.717, 1.165) is 10.0 Å². The Labute approximate surface area is 144 Å². The average molecular weight is 373 g/mol. The summed E-state index contributed by atoms with van der Waals surface area (Å²) in [7, 11) is 1.75. The van der Waals surface area contributed by atoms with Gasteiger partial charge in [-0.25, -0.2) is 0 Å². The van der Waals surface area contributed by atoms with E-state index in [9.17, 15) is 4.79 Å². The van der Waals surface area contributed by atoms with Gasteiger partial charge in [0.25, 0.3) is 5.91 Å². The highest BCUT2D eigenvalue weighted by atomic mass is 79.9. The lowest BCUT2D eigenvalue weighted by molar-refractivity contribution is -0.137. The normalized spacial score (nSPS) is 11.4. The minimum Gasteiger partial charge on any atom is -0.481 e. The van der Waals surface area contributed by atoms with E-state index in [0.29, 0.717) is 17.9 Å². The van der Waals surface area contributed by atoms with Crippen molar-refractivity contribution >= 4 is 21.8 Å². The van der Waals surface area contributed by atoms with E-state index >= 15 is 0 Å². The second kappa shape index (κ2) is 7.80. The number of benzene rings is 2. The van der Waals surface area contributed by atoms with E-state index in [1.54, 1.807) is 43.1 Å². The predicted molar refractivity (Wildman–Crippen MR) is 91.9 cm³/mol. The van der Waals surface area contributed by atoms with Gasteiger partial charge in [0.2, 0.25) is 0 Å². The summed E-state index contributed by atoms with van der Waals surface area (Å²) in [5.41, 5.74) is 1.61. The van der Waals surface area contributed by atoms with Crippen molar-refractivity contribution in [1.29, 1.82) is 5.26 Å². The first-order valence-corrected chi connectivity index (χ1v) is 7.95. The Kier molecular flexibility index (Phi) is 5.78. The van der Waals surface area contributed by atoms with Crippen molar-refractivity contribution in [2.75, 3.05) is 7.05 Å². The number of nitrogens with zero attached hydrogens (tertiary/aromatic N) is 2. The molecule has 5 heteroatoms. The first-order chi connectivity index (χ1) is 11.0. The van der Waals surface area contributed by atoms with E-state index in [2.05, 4.69) is 15.9 Å². The third-order valence-electron chi connectivity index (χ3n) is 3.35. The van der Waals surface area contributed by atoms with Crippen molar-refractivity contribution in [3.8, 4) is 11.8 Å². The van der Waals surface area contributed by atoms with Gasteiger partial charge >= 0.3 is 0 Å². The number of hydrogen-bond acceptors (Lipinski definition) is 3. The molecule has 23 heavy (non-hydrogen) atoms. The third-order valence-corrected chi connectivity index (χ3v) is 3.88. The third kappa shape index (κ3) is 4.83. The highest BCUT2D eigenvalue weighted by Crippen LogP contribution is 2.15. The maximum atomic E-state index is 12.4. The van der Waals surface area contributed by atoms with Gasteiger partial charge in [0.1, 0.15) is 5.75 Å². The zero-order valence-corrected chi connectivity index (χ0v) is 14.6. The number of ether oxygens (including phenoxy) is 1. The van der Waals surface area contributed by atoms with Gasteiger partial charge in [-0.2, -0.15) is 5.26 Å². The predicted octanol–water partition coefficient (Wildman–Crippen LogP) is 3.75. The summed E-state index contributed by atoms with van der Waals surface area (Å²) in [6.07, 6.45) is -0.594. The molecule has 2 rings (SSSR count). The molecule has 0 aliphatic carbocycles. The van der Waals surface area contributed by atoms with Gasteiger partial charge in [0, 0.05) is 18.1 Å². The van der Waals surface area contributed by atoms with Gasteiger partial charge < -0.3 is 9.64 Å². The molecular weight excluding hydrogens is 356 g/mol. The first kappa shape index (κ1) is 17.0. The van der Waals surface area contributed by atoms with Gasteiger partial charge in [-0.1, -0.05) is 28.1 Å². The van der Waals surface area contributed by atoms with Crippen molar-refractivity contribution in [3.63, 3.8) is 0 Å². The van der Waals surface area contributed by atoms with Crippen LogP contribution in [0.25, 0.3) is 0 Å². The Bertz CT molecular complexity index is 705. The number of rotatable bonds is 5. The van der Waals surface area contributed by atoms with Crippen LogP contribution < -0.4 is 4.74 Å². The fourth-order valence-electron chi connectivity index (χ4n) is 2.11. The van der Waals surface area contributed by atoms with Crippen LogP contribution in [0.2, 0.25) is 0 Å². The van der Waals surface area contributed by atoms with Gasteiger partial charge in [-0.15, -0.1) is 0 Å².